The van der Waals surface area contributed by atoms with E-state index in [1.54, 1.807) is 7.05 Å². The highest BCUT2D eigenvalue weighted by atomic mass is 79.9. The van der Waals surface area contributed by atoms with E-state index in [0.717, 1.165) is 18.7 Å². The van der Waals surface area contributed by atoms with E-state index in [1.165, 1.54) is 4.80 Å². The van der Waals surface area contributed by atoms with Crippen molar-refractivity contribution in [2.75, 3.05) is 0 Å². The number of rotatable bonds is 4. The largest absolute Gasteiger partial charge is 0.175 e. The molecule has 0 saturated heterocycles. The van der Waals surface area contributed by atoms with E-state index >= 15 is 0 Å². The Morgan fingerprint density at radius 3 is 2.69 bits per heavy atom. The molecule has 0 aliphatic carbocycles. The summed E-state index contributed by atoms with van der Waals surface area (Å²) in [7, 11) is 1.78. The number of halogens is 1. The molecule has 1 aromatic rings. The van der Waals surface area contributed by atoms with Gasteiger partial charge in [0.25, 0.3) is 0 Å². The third kappa shape index (κ3) is 3.06. The minimum atomic E-state index is 0.538. The zero-order chi connectivity index (χ0) is 9.84. The molecule has 2 atom stereocenters. The van der Waals surface area contributed by atoms with Gasteiger partial charge < -0.3 is 0 Å². The van der Waals surface area contributed by atoms with E-state index in [-0.39, 0.29) is 0 Å². The first-order valence-corrected chi connectivity index (χ1v) is 5.42. The van der Waals surface area contributed by atoms with Crippen LogP contribution in [0.15, 0.2) is 0 Å². The number of hydrogen-bond acceptors (Lipinski definition) is 3. The van der Waals surface area contributed by atoms with Gasteiger partial charge in [0.15, 0.2) is 5.82 Å². The smallest absolute Gasteiger partial charge is 0.167 e. The summed E-state index contributed by atoms with van der Waals surface area (Å²) in [5.41, 5.74) is 0. The molecule has 4 nitrogen and oxygen atoms in total. The van der Waals surface area contributed by atoms with Crippen LogP contribution in [0.3, 0.4) is 0 Å². The van der Waals surface area contributed by atoms with Gasteiger partial charge in [-0.1, -0.05) is 29.8 Å². The Morgan fingerprint density at radius 1 is 1.54 bits per heavy atom. The molecule has 2 unspecified atom stereocenters. The maximum atomic E-state index is 4.14. The summed E-state index contributed by atoms with van der Waals surface area (Å²) in [6.07, 6.45) is 2.01. The fourth-order valence-corrected chi connectivity index (χ4v) is 1.41. The van der Waals surface area contributed by atoms with Crippen molar-refractivity contribution in [3.05, 3.63) is 5.82 Å². The third-order valence-corrected chi connectivity index (χ3v) is 3.61. The molecule has 0 spiro atoms. The normalized spacial score (nSPS) is 15.7. The highest BCUT2D eigenvalue weighted by molar-refractivity contribution is 9.09. The van der Waals surface area contributed by atoms with Gasteiger partial charge in [-0.05, 0) is 17.6 Å². The molecule has 0 radical (unpaired) electrons. The molecule has 0 aromatic carbocycles. The Balaban J connectivity index is 2.49. The number of tetrazole rings is 1. The minimum absolute atomic E-state index is 0.538. The molecule has 1 heterocycles. The zero-order valence-electron chi connectivity index (χ0n) is 8.24. The highest BCUT2D eigenvalue weighted by Crippen LogP contribution is 2.18. The van der Waals surface area contributed by atoms with Gasteiger partial charge in [0, 0.05) is 11.2 Å². The van der Waals surface area contributed by atoms with Crippen molar-refractivity contribution in [2.45, 2.75) is 31.5 Å². The van der Waals surface area contributed by atoms with Crippen LogP contribution in [0.25, 0.3) is 0 Å². The fraction of sp³-hybridized carbons (Fsp3) is 0.875. The summed E-state index contributed by atoms with van der Waals surface area (Å²) in [6.45, 7) is 4.36. The van der Waals surface area contributed by atoms with Crippen LogP contribution < -0.4 is 0 Å². The van der Waals surface area contributed by atoms with Crippen LogP contribution in [0.5, 0.6) is 0 Å². The van der Waals surface area contributed by atoms with Gasteiger partial charge in [-0.25, -0.2) is 0 Å². The third-order valence-electron chi connectivity index (χ3n) is 2.06. The Kier molecular flexibility index (Phi) is 3.84. The number of hydrogen-bond donors (Lipinski definition) is 0. The quantitative estimate of drug-likeness (QED) is 0.758. The molecule has 0 N–H and O–H groups in total. The molecule has 0 amide bonds. The number of nitrogens with zero attached hydrogens (tertiary/aromatic N) is 4. The molecule has 13 heavy (non-hydrogen) atoms. The standard InChI is InChI=1S/C8H15BrN4/c1-4-7(9)6(2)5-8-10-12-13(3)11-8/h6-7H,4-5H2,1-3H3. The molecular weight excluding hydrogens is 232 g/mol. The van der Waals surface area contributed by atoms with Gasteiger partial charge in [0.1, 0.15) is 0 Å². The lowest BCUT2D eigenvalue weighted by atomic mass is 10.0. The topological polar surface area (TPSA) is 43.6 Å². The first kappa shape index (κ1) is 10.6. The maximum Gasteiger partial charge on any atom is 0.175 e. The lowest BCUT2D eigenvalue weighted by Gasteiger charge is -2.13. The van der Waals surface area contributed by atoms with Crippen molar-refractivity contribution in [1.82, 2.24) is 20.2 Å². The van der Waals surface area contributed by atoms with E-state index in [4.69, 9.17) is 0 Å². The second kappa shape index (κ2) is 4.69. The van der Waals surface area contributed by atoms with Crippen LogP contribution in [0, 0.1) is 5.92 Å². The number of aromatic nitrogens is 4. The number of alkyl halides is 1. The average Bonchev–Trinajstić information content (AvgIpc) is 2.49. The Morgan fingerprint density at radius 2 is 2.23 bits per heavy atom. The van der Waals surface area contributed by atoms with E-state index in [9.17, 15) is 0 Å². The van der Waals surface area contributed by atoms with Crippen LogP contribution in [-0.4, -0.2) is 25.0 Å². The minimum Gasteiger partial charge on any atom is -0.167 e. The predicted octanol–water partition coefficient (Wildman–Crippen LogP) is 1.56. The Bertz CT molecular complexity index is 260. The molecule has 74 valence electrons. The van der Waals surface area contributed by atoms with Crippen molar-refractivity contribution < 1.29 is 0 Å². The van der Waals surface area contributed by atoms with Gasteiger partial charge >= 0.3 is 0 Å². The monoisotopic (exact) mass is 246 g/mol. The second-order valence-electron chi connectivity index (χ2n) is 3.30. The second-order valence-corrected chi connectivity index (χ2v) is 4.48. The SMILES string of the molecule is CCC(Br)C(C)Cc1nnn(C)n1. The van der Waals surface area contributed by atoms with Crippen molar-refractivity contribution in [3.8, 4) is 0 Å². The molecule has 5 heteroatoms. The lowest BCUT2D eigenvalue weighted by Crippen LogP contribution is -2.13. The molecule has 0 aliphatic heterocycles. The summed E-state index contributed by atoms with van der Waals surface area (Å²) in [6, 6.07) is 0. The highest BCUT2D eigenvalue weighted by Gasteiger charge is 2.14. The van der Waals surface area contributed by atoms with Crippen LogP contribution >= 0.6 is 15.9 Å². The molecular formula is C8H15BrN4. The van der Waals surface area contributed by atoms with E-state index < -0.39 is 0 Å². The van der Waals surface area contributed by atoms with Crippen molar-refractivity contribution in [1.29, 1.82) is 0 Å². The molecule has 0 aliphatic rings. The van der Waals surface area contributed by atoms with E-state index in [0.29, 0.717) is 10.7 Å². The summed E-state index contributed by atoms with van der Waals surface area (Å²) in [4.78, 5) is 2.04. The maximum absolute atomic E-state index is 4.14. The molecule has 0 fully saturated rings. The molecule has 1 rings (SSSR count). The first-order valence-electron chi connectivity index (χ1n) is 4.50. The lowest BCUT2D eigenvalue weighted by molar-refractivity contribution is 0.528. The number of aryl methyl sites for hydroxylation is 1. The van der Waals surface area contributed by atoms with Gasteiger partial charge in [-0.2, -0.15) is 4.80 Å². The van der Waals surface area contributed by atoms with Crippen LogP contribution in [-0.2, 0) is 13.5 Å². The van der Waals surface area contributed by atoms with Crippen LogP contribution in [0.1, 0.15) is 26.1 Å². The van der Waals surface area contributed by atoms with Crippen LogP contribution in [0.2, 0.25) is 0 Å². The fourth-order valence-electron chi connectivity index (χ4n) is 1.22. The van der Waals surface area contributed by atoms with Gasteiger partial charge in [0.2, 0.25) is 0 Å². The Labute approximate surface area is 86.8 Å². The first-order chi connectivity index (χ1) is 6.13. The van der Waals surface area contributed by atoms with Gasteiger partial charge in [-0.15, -0.1) is 10.2 Å². The summed E-state index contributed by atoms with van der Waals surface area (Å²) in [5.74, 6) is 1.38. The summed E-state index contributed by atoms with van der Waals surface area (Å²) >= 11 is 3.62. The summed E-state index contributed by atoms with van der Waals surface area (Å²) in [5, 5.41) is 11.9. The van der Waals surface area contributed by atoms with Crippen molar-refractivity contribution >= 4 is 15.9 Å². The van der Waals surface area contributed by atoms with Gasteiger partial charge in [0.05, 0.1) is 7.05 Å². The predicted molar refractivity (Wildman–Crippen MR) is 54.7 cm³/mol. The van der Waals surface area contributed by atoms with E-state index in [2.05, 4.69) is 45.2 Å². The zero-order valence-corrected chi connectivity index (χ0v) is 9.82. The molecule has 0 bridgehead atoms. The van der Waals surface area contributed by atoms with Crippen LogP contribution in [0.4, 0.5) is 0 Å². The molecule has 0 saturated carbocycles. The van der Waals surface area contributed by atoms with Gasteiger partial charge in [-0.3, -0.25) is 0 Å². The molecule has 1 aromatic heterocycles. The van der Waals surface area contributed by atoms with E-state index in [1.807, 2.05) is 0 Å². The average molecular weight is 247 g/mol. The summed E-state index contributed by atoms with van der Waals surface area (Å²) < 4.78 is 0. The van der Waals surface area contributed by atoms with Crippen molar-refractivity contribution in [2.24, 2.45) is 13.0 Å². The van der Waals surface area contributed by atoms with Crippen molar-refractivity contribution in [3.63, 3.8) is 0 Å². The Hall–Kier alpha value is -0.450.